The third-order valence-corrected chi connectivity index (χ3v) is 4.38. The molecule has 0 bridgehead atoms. The van der Waals surface area contributed by atoms with Crippen molar-refractivity contribution in [3.63, 3.8) is 0 Å². The van der Waals surface area contributed by atoms with Gasteiger partial charge in [-0.3, -0.25) is 0 Å². The summed E-state index contributed by atoms with van der Waals surface area (Å²) >= 11 is 1.82. The van der Waals surface area contributed by atoms with Crippen molar-refractivity contribution in [2.45, 2.75) is 24.9 Å². The lowest BCUT2D eigenvalue weighted by Gasteiger charge is -2.34. The Morgan fingerprint density at radius 2 is 2.28 bits per heavy atom. The van der Waals surface area contributed by atoms with Gasteiger partial charge in [0.15, 0.2) is 6.04 Å². The molecule has 2 aliphatic rings. The van der Waals surface area contributed by atoms with Crippen LogP contribution in [-0.4, -0.2) is 65.4 Å². The molecule has 0 aliphatic carbocycles. The normalized spacial score (nSPS) is 28.8. The predicted octanol–water partition coefficient (Wildman–Crippen LogP) is 0.377. The van der Waals surface area contributed by atoms with Crippen molar-refractivity contribution >= 4 is 23.8 Å². The number of nitrogens with one attached hydrogen (secondary N) is 1. The van der Waals surface area contributed by atoms with Crippen molar-refractivity contribution in [1.29, 1.82) is 0 Å². The zero-order valence-corrected chi connectivity index (χ0v) is 10.9. The zero-order chi connectivity index (χ0) is 13.0. The third-order valence-electron chi connectivity index (χ3n) is 3.16. The van der Waals surface area contributed by atoms with Gasteiger partial charge in [-0.1, -0.05) is 0 Å². The van der Waals surface area contributed by atoms with Crippen LogP contribution in [0.5, 0.6) is 0 Å². The molecule has 2 heterocycles. The summed E-state index contributed by atoms with van der Waals surface area (Å²) in [5.41, 5.74) is 0. The number of rotatable bonds is 2. The van der Waals surface area contributed by atoms with Crippen LogP contribution in [-0.2, 0) is 9.53 Å². The van der Waals surface area contributed by atoms with E-state index in [0.29, 0.717) is 13.2 Å². The molecule has 2 rings (SSSR count). The lowest BCUT2D eigenvalue weighted by atomic mass is 10.2. The zero-order valence-electron chi connectivity index (χ0n) is 10.1. The molecule has 0 radical (unpaired) electrons. The average Bonchev–Trinajstić information content (AvgIpc) is 2.40. The number of amides is 2. The van der Waals surface area contributed by atoms with E-state index < -0.39 is 12.0 Å². The number of ether oxygens (including phenoxy) is 1. The van der Waals surface area contributed by atoms with Gasteiger partial charge in [-0.15, -0.1) is 0 Å². The highest BCUT2D eigenvalue weighted by atomic mass is 32.2. The number of thioether (sulfide) groups is 1. The molecule has 0 spiro atoms. The minimum atomic E-state index is -1.01. The molecular weight excluding hydrogens is 256 g/mol. The first-order valence-corrected chi connectivity index (χ1v) is 7.29. The maximum atomic E-state index is 12.1. The number of aliphatic carboxylic acids is 1. The summed E-state index contributed by atoms with van der Waals surface area (Å²) in [6.07, 6.45) is 2.07. The molecule has 2 aliphatic heterocycles. The highest BCUT2D eigenvalue weighted by Gasteiger charge is 2.33. The first-order chi connectivity index (χ1) is 8.68. The van der Waals surface area contributed by atoms with E-state index in [1.165, 1.54) is 4.90 Å². The molecule has 0 aromatic rings. The van der Waals surface area contributed by atoms with Crippen LogP contribution in [0, 0.1) is 0 Å². The van der Waals surface area contributed by atoms with Crippen molar-refractivity contribution in [3.05, 3.63) is 0 Å². The fourth-order valence-corrected chi connectivity index (χ4v) is 3.24. The molecule has 2 N–H and O–H groups in total. The van der Waals surface area contributed by atoms with E-state index in [4.69, 9.17) is 9.84 Å². The number of carbonyl (C=O) groups excluding carboxylic acids is 1. The Labute approximate surface area is 110 Å². The Morgan fingerprint density at radius 3 is 2.94 bits per heavy atom. The summed E-state index contributed by atoms with van der Waals surface area (Å²) in [6, 6.07) is -0.985. The van der Waals surface area contributed by atoms with E-state index in [0.717, 1.165) is 24.3 Å². The number of nitrogens with zero attached hydrogens (tertiary/aromatic N) is 1. The van der Waals surface area contributed by atoms with Crippen molar-refractivity contribution < 1.29 is 19.4 Å². The highest BCUT2D eigenvalue weighted by Crippen LogP contribution is 2.17. The Morgan fingerprint density at radius 1 is 1.44 bits per heavy atom. The van der Waals surface area contributed by atoms with Crippen LogP contribution in [0.3, 0.4) is 0 Å². The topological polar surface area (TPSA) is 78.9 Å². The van der Waals surface area contributed by atoms with Gasteiger partial charge in [-0.05, 0) is 18.6 Å². The van der Waals surface area contributed by atoms with Gasteiger partial charge in [0, 0.05) is 18.3 Å². The number of carbonyl (C=O) groups is 2. The number of urea groups is 1. The summed E-state index contributed by atoms with van der Waals surface area (Å²) in [7, 11) is 0. The maximum absolute atomic E-state index is 12.1. The molecular formula is C11H18N2O4S. The maximum Gasteiger partial charge on any atom is 0.328 e. The van der Waals surface area contributed by atoms with Gasteiger partial charge in [-0.25, -0.2) is 9.59 Å². The van der Waals surface area contributed by atoms with E-state index in [-0.39, 0.29) is 18.7 Å². The van der Waals surface area contributed by atoms with E-state index >= 15 is 0 Å². The molecule has 2 atom stereocenters. The van der Waals surface area contributed by atoms with Crippen LogP contribution in [0.4, 0.5) is 4.79 Å². The molecule has 6 nitrogen and oxygen atoms in total. The monoisotopic (exact) mass is 274 g/mol. The fraction of sp³-hybridized carbons (Fsp3) is 0.818. The molecule has 0 aromatic carbocycles. The average molecular weight is 274 g/mol. The largest absolute Gasteiger partial charge is 0.480 e. The van der Waals surface area contributed by atoms with Crippen LogP contribution < -0.4 is 5.32 Å². The molecule has 0 aromatic heterocycles. The van der Waals surface area contributed by atoms with Gasteiger partial charge in [0.25, 0.3) is 0 Å². The van der Waals surface area contributed by atoms with E-state index in [9.17, 15) is 9.59 Å². The second-order valence-electron chi connectivity index (χ2n) is 4.49. The Balaban J connectivity index is 1.91. The van der Waals surface area contributed by atoms with Crippen molar-refractivity contribution in [2.75, 3.05) is 31.3 Å². The van der Waals surface area contributed by atoms with Crippen LogP contribution in [0.15, 0.2) is 0 Å². The van der Waals surface area contributed by atoms with Gasteiger partial charge < -0.3 is 20.1 Å². The summed E-state index contributed by atoms with van der Waals surface area (Å²) in [6.45, 7) is 0.807. The molecule has 0 saturated carbocycles. The number of morpholine rings is 1. The van der Waals surface area contributed by atoms with Gasteiger partial charge >= 0.3 is 12.0 Å². The van der Waals surface area contributed by atoms with Gasteiger partial charge in [0.1, 0.15) is 0 Å². The second-order valence-corrected chi connectivity index (χ2v) is 5.64. The van der Waals surface area contributed by atoms with Crippen LogP contribution in [0.1, 0.15) is 12.8 Å². The van der Waals surface area contributed by atoms with E-state index in [1.807, 2.05) is 11.8 Å². The minimum absolute atomic E-state index is 0.0716. The number of hydrogen-bond donors (Lipinski definition) is 2. The Hall–Kier alpha value is -0.950. The first-order valence-electron chi connectivity index (χ1n) is 6.14. The fourth-order valence-electron chi connectivity index (χ4n) is 2.16. The molecule has 18 heavy (non-hydrogen) atoms. The molecule has 102 valence electrons. The predicted molar refractivity (Wildman–Crippen MR) is 67.8 cm³/mol. The lowest BCUT2D eigenvalue weighted by molar-refractivity contribution is -0.147. The van der Waals surface area contributed by atoms with Crippen LogP contribution in [0.2, 0.25) is 0 Å². The molecule has 7 heteroatoms. The number of carboxylic acids is 1. The highest BCUT2D eigenvalue weighted by molar-refractivity contribution is 7.99. The SMILES string of the molecule is O=C(O)C1COCCN1C(=O)NC1CCCSC1. The van der Waals surface area contributed by atoms with Crippen molar-refractivity contribution in [3.8, 4) is 0 Å². The minimum Gasteiger partial charge on any atom is -0.480 e. The summed E-state index contributed by atoms with van der Waals surface area (Å²) in [5, 5.41) is 12.0. The van der Waals surface area contributed by atoms with Gasteiger partial charge in [0.05, 0.1) is 13.2 Å². The standard InChI is InChI=1S/C11H18N2O4S/c14-10(15)9-6-17-4-3-13(9)11(16)12-8-2-1-5-18-7-8/h8-9H,1-7H2,(H,12,16)(H,14,15). The summed E-state index contributed by atoms with van der Waals surface area (Å²) in [4.78, 5) is 24.5. The summed E-state index contributed by atoms with van der Waals surface area (Å²) in [5.74, 6) is 1.04. The van der Waals surface area contributed by atoms with Gasteiger partial charge in [0.2, 0.25) is 0 Å². The van der Waals surface area contributed by atoms with Crippen LogP contribution >= 0.6 is 11.8 Å². The Bertz CT molecular complexity index is 320. The quantitative estimate of drug-likeness (QED) is 0.761. The Kier molecular flexibility index (Phi) is 4.71. The number of hydrogen-bond acceptors (Lipinski definition) is 4. The second kappa shape index (κ2) is 6.29. The summed E-state index contributed by atoms with van der Waals surface area (Å²) < 4.78 is 5.11. The van der Waals surface area contributed by atoms with Crippen molar-refractivity contribution in [1.82, 2.24) is 10.2 Å². The van der Waals surface area contributed by atoms with Gasteiger partial charge in [-0.2, -0.15) is 11.8 Å². The van der Waals surface area contributed by atoms with E-state index in [1.54, 1.807) is 0 Å². The molecule has 2 amide bonds. The lowest BCUT2D eigenvalue weighted by Crippen LogP contribution is -2.57. The van der Waals surface area contributed by atoms with E-state index in [2.05, 4.69) is 5.32 Å². The van der Waals surface area contributed by atoms with Crippen molar-refractivity contribution in [2.24, 2.45) is 0 Å². The first kappa shape index (κ1) is 13.5. The smallest absolute Gasteiger partial charge is 0.328 e. The van der Waals surface area contributed by atoms with Crippen LogP contribution in [0.25, 0.3) is 0 Å². The third kappa shape index (κ3) is 3.29. The molecule has 2 fully saturated rings. The molecule has 2 saturated heterocycles. The number of carboxylic acid groups (broad SMARTS) is 1. The molecule has 2 unspecified atom stereocenters.